The fourth-order valence-electron chi connectivity index (χ4n) is 1.68. The van der Waals surface area contributed by atoms with Gasteiger partial charge in [0.1, 0.15) is 5.69 Å². The fourth-order valence-corrected chi connectivity index (χ4v) is 2.13. The number of aromatic nitrogens is 1. The SMILES string of the molecule is NNC(=O)c1cccnc1C(=O)c1ccc(Cl)c(F)c1Cl. The molecule has 1 heterocycles. The molecule has 0 saturated heterocycles. The molecule has 0 spiro atoms. The Hall–Kier alpha value is -2.02. The molecule has 1 aromatic carbocycles. The van der Waals surface area contributed by atoms with E-state index in [0.29, 0.717) is 0 Å². The topological polar surface area (TPSA) is 85.1 Å². The molecule has 0 atom stereocenters. The van der Waals surface area contributed by atoms with Gasteiger partial charge in [0.05, 0.1) is 15.6 Å². The first-order chi connectivity index (χ1) is 9.97. The quantitative estimate of drug-likeness (QED) is 0.298. The maximum atomic E-state index is 13.7. The van der Waals surface area contributed by atoms with Crippen LogP contribution in [-0.4, -0.2) is 16.7 Å². The molecule has 0 saturated carbocycles. The van der Waals surface area contributed by atoms with E-state index in [2.05, 4.69) is 4.98 Å². The van der Waals surface area contributed by atoms with Crippen molar-refractivity contribution in [2.45, 2.75) is 0 Å². The highest BCUT2D eigenvalue weighted by Crippen LogP contribution is 2.28. The number of hydrogen-bond donors (Lipinski definition) is 2. The number of hydrogen-bond acceptors (Lipinski definition) is 4. The molecule has 0 aliphatic heterocycles. The van der Waals surface area contributed by atoms with Gasteiger partial charge in [0, 0.05) is 11.8 Å². The van der Waals surface area contributed by atoms with Crippen molar-refractivity contribution in [3.8, 4) is 0 Å². The van der Waals surface area contributed by atoms with Crippen molar-refractivity contribution >= 4 is 34.9 Å². The molecule has 1 aromatic heterocycles. The van der Waals surface area contributed by atoms with Crippen molar-refractivity contribution in [1.82, 2.24) is 10.4 Å². The standard InChI is InChI=1S/C13H8Cl2FN3O2/c14-8-4-3-6(9(15)10(8)16)12(20)11-7(13(21)19-17)2-1-5-18-11/h1-5H,17H2,(H,19,21). The van der Waals surface area contributed by atoms with E-state index in [0.717, 1.165) is 0 Å². The van der Waals surface area contributed by atoms with Gasteiger partial charge < -0.3 is 0 Å². The highest BCUT2D eigenvalue weighted by atomic mass is 35.5. The van der Waals surface area contributed by atoms with Crippen molar-refractivity contribution < 1.29 is 14.0 Å². The number of carbonyl (C=O) groups is 2. The first kappa shape index (κ1) is 15.4. The Kier molecular flexibility index (Phi) is 4.52. The Labute approximate surface area is 128 Å². The summed E-state index contributed by atoms with van der Waals surface area (Å²) in [6.07, 6.45) is 1.32. The largest absolute Gasteiger partial charge is 0.290 e. The van der Waals surface area contributed by atoms with Crippen LogP contribution in [0.15, 0.2) is 30.5 Å². The number of nitrogens with one attached hydrogen (secondary N) is 1. The summed E-state index contributed by atoms with van der Waals surface area (Å²) >= 11 is 11.3. The minimum atomic E-state index is -0.912. The number of carbonyl (C=O) groups excluding carboxylic acids is 2. The Bertz CT molecular complexity index is 737. The Morgan fingerprint density at radius 3 is 2.57 bits per heavy atom. The van der Waals surface area contributed by atoms with E-state index >= 15 is 0 Å². The Morgan fingerprint density at radius 1 is 1.19 bits per heavy atom. The van der Waals surface area contributed by atoms with Gasteiger partial charge in [-0.2, -0.15) is 0 Å². The van der Waals surface area contributed by atoms with E-state index in [-0.39, 0.29) is 21.8 Å². The number of pyridine rings is 1. The molecule has 0 aliphatic carbocycles. The molecule has 0 fully saturated rings. The molecular weight excluding hydrogens is 320 g/mol. The first-order valence-electron chi connectivity index (χ1n) is 5.61. The number of amides is 1. The van der Waals surface area contributed by atoms with Crippen LogP contribution in [0.3, 0.4) is 0 Å². The Morgan fingerprint density at radius 2 is 1.90 bits per heavy atom. The third-order valence-corrected chi connectivity index (χ3v) is 3.34. The lowest BCUT2D eigenvalue weighted by molar-refractivity contribution is 0.0940. The van der Waals surface area contributed by atoms with Crippen LogP contribution < -0.4 is 11.3 Å². The lowest BCUT2D eigenvalue weighted by Crippen LogP contribution is -2.31. The lowest BCUT2D eigenvalue weighted by Gasteiger charge is -2.08. The van der Waals surface area contributed by atoms with Crippen LogP contribution in [0, 0.1) is 5.82 Å². The van der Waals surface area contributed by atoms with E-state index in [9.17, 15) is 14.0 Å². The monoisotopic (exact) mass is 327 g/mol. The zero-order valence-electron chi connectivity index (χ0n) is 10.4. The highest BCUT2D eigenvalue weighted by Gasteiger charge is 2.23. The second-order valence-electron chi connectivity index (χ2n) is 3.93. The van der Waals surface area contributed by atoms with Gasteiger partial charge in [-0.25, -0.2) is 10.2 Å². The smallest absolute Gasteiger partial charge is 0.267 e. The van der Waals surface area contributed by atoms with Crippen molar-refractivity contribution in [3.63, 3.8) is 0 Å². The number of rotatable bonds is 3. The molecule has 5 nitrogen and oxygen atoms in total. The molecule has 8 heteroatoms. The molecule has 0 aliphatic rings. The van der Waals surface area contributed by atoms with E-state index in [1.807, 2.05) is 5.43 Å². The molecule has 1 amide bonds. The second kappa shape index (κ2) is 6.17. The summed E-state index contributed by atoms with van der Waals surface area (Å²) in [6, 6.07) is 5.28. The Balaban J connectivity index is 2.56. The molecule has 108 valence electrons. The number of hydrazine groups is 1. The normalized spacial score (nSPS) is 10.3. The zero-order valence-corrected chi connectivity index (χ0v) is 11.9. The van der Waals surface area contributed by atoms with Crippen molar-refractivity contribution in [2.75, 3.05) is 0 Å². The highest BCUT2D eigenvalue weighted by molar-refractivity contribution is 6.38. The molecule has 0 bridgehead atoms. The molecule has 0 radical (unpaired) electrons. The zero-order chi connectivity index (χ0) is 15.6. The number of nitrogen functional groups attached to an aromatic ring is 1. The summed E-state index contributed by atoms with van der Waals surface area (Å²) in [5.74, 6) is 2.72. The molecule has 2 aromatic rings. The van der Waals surface area contributed by atoms with Crippen LogP contribution in [-0.2, 0) is 0 Å². The van der Waals surface area contributed by atoms with Crippen LogP contribution in [0.4, 0.5) is 4.39 Å². The second-order valence-corrected chi connectivity index (χ2v) is 4.71. The van der Waals surface area contributed by atoms with Gasteiger partial charge in [-0.3, -0.25) is 20.0 Å². The van der Waals surface area contributed by atoms with Gasteiger partial charge in [0.15, 0.2) is 5.82 Å². The van der Waals surface area contributed by atoms with Crippen LogP contribution in [0.2, 0.25) is 10.0 Å². The summed E-state index contributed by atoms with van der Waals surface area (Å²) in [4.78, 5) is 27.9. The van der Waals surface area contributed by atoms with E-state index in [1.165, 1.54) is 30.5 Å². The van der Waals surface area contributed by atoms with E-state index in [1.54, 1.807) is 0 Å². The predicted molar refractivity (Wildman–Crippen MR) is 75.7 cm³/mol. The van der Waals surface area contributed by atoms with Crippen LogP contribution in [0.25, 0.3) is 0 Å². The molecule has 21 heavy (non-hydrogen) atoms. The summed E-state index contributed by atoms with van der Waals surface area (Å²) in [6.45, 7) is 0. The van der Waals surface area contributed by atoms with Gasteiger partial charge >= 0.3 is 0 Å². The van der Waals surface area contributed by atoms with Gasteiger partial charge in [-0.05, 0) is 24.3 Å². The summed E-state index contributed by atoms with van der Waals surface area (Å²) in [5.41, 5.74) is 1.52. The maximum absolute atomic E-state index is 13.7. The van der Waals surface area contributed by atoms with Crippen molar-refractivity contribution in [3.05, 3.63) is 63.1 Å². The summed E-state index contributed by atoms with van der Waals surface area (Å²) < 4.78 is 13.7. The van der Waals surface area contributed by atoms with Gasteiger partial charge in [0.2, 0.25) is 5.78 Å². The summed E-state index contributed by atoms with van der Waals surface area (Å²) in [5, 5.41) is -0.644. The van der Waals surface area contributed by atoms with E-state index in [4.69, 9.17) is 29.0 Å². The molecule has 0 unspecified atom stereocenters. The molecular formula is C13H8Cl2FN3O2. The predicted octanol–water partition coefficient (Wildman–Crippen LogP) is 2.36. The first-order valence-corrected chi connectivity index (χ1v) is 6.37. The van der Waals surface area contributed by atoms with E-state index < -0.39 is 22.5 Å². The lowest BCUT2D eigenvalue weighted by atomic mass is 10.0. The minimum Gasteiger partial charge on any atom is -0.290 e. The average Bonchev–Trinajstić information content (AvgIpc) is 2.51. The third kappa shape index (κ3) is 2.87. The fraction of sp³-hybridized carbons (Fsp3) is 0. The van der Waals surface area contributed by atoms with Crippen LogP contribution >= 0.6 is 23.2 Å². The number of ketones is 1. The van der Waals surface area contributed by atoms with Crippen molar-refractivity contribution in [2.24, 2.45) is 5.84 Å². The average molecular weight is 328 g/mol. The summed E-state index contributed by atoms with van der Waals surface area (Å²) in [7, 11) is 0. The minimum absolute atomic E-state index is 0.0450. The number of nitrogens with zero attached hydrogens (tertiary/aromatic N) is 1. The van der Waals surface area contributed by atoms with Crippen molar-refractivity contribution in [1.29, 1.82) is 0 Å². The number of benzene rings is 1. The van der Waals surface area contributed by atoms with Gasteiger partial charge in [0.25, 0.3) is 5.91 Å². The van der Waals surface area contributed by atoms with Crippen LogP contribution in [0.5, 0.6) is 0 Å². The maximum Gasteiger partial charge on any atom is 0.267 e. The van der Waals surface area contributed by atoms with Crippen LogP contribution in [0.1, 0.15) is 26.4 Å². The number of halogens is 3. The van der Waals surface area contributed by atoms with Gasteiger partial charge in [-0.15, -0.1) is 0 Å². The van der Waals surface area contributed by atoms with Gasteiger partial charge in [-0.1, -0.05) is 23.2 Å². The third-order valence-electron chi connectivity index (χ3n) is 2.68. The number of nitrogens with two attached hydrogens (primary N) is 1. The molecule has 2 rings (SSSR count). The molecule has 3 N–H and O–H groups in total.